The van der Waals surface area contributed by atoms with Crippen LogP contribution >= 0.6 is 15.9 Å². The van der Waals surface area contributed by atoms with E-state index in [1.54, 1.807) is 0 Å². The third-order valence-electron chi connectivity index (χ3n) is 5.27. The molecule has 4 rings (SSSR count). The highest BCUT2D eigenvalue weighted by Gasteiger charge is 2.28. The fourth-order valence-electron chi connectivity index (χ4n) is 3.80. The minimum Gasteiger partial charge on any atom is -0.449 e. The molecule has 30 heavy (non-hydrogen) atoms. The second-order valence-electron chi connectivity index (χ2n) is 7.26. The summed E-state index contributed by atoms with van der Waals surface area (Å²) in [7, 11) is 0. The van der Waals surface area contributed by atoms with E-state index in [0.717, 1.165) is 15.6 Å². The molecule has 0 radical (unpaired) electrons. The average Bonchev–Trinajstić information content (AvgIpc) is 3.07. The highest BCUT2D eigenvalue weighted by atomic mass is 79.9. The van der Waals surface area contributed by atoms with Crippen molar-refractivity contribution in [2.75, 3.05) is 13.2 Å². The van der Waals surface area contributed by atoms with Crippen LogP contribution in [0.1, 0.15) is 34.6 Å². The van der Waals surface area contributed by atoms with Gasteiger partial charge in [-0.15, -0.1) is 0 Å². The molecule has 0 atom stereocenters. The van der Waals surface area contributed by atoms with Gasteiger partial charge in [-0.3, -0.25) is 0 Å². The maximum absolute atomic E-state index is 12.2. The summed E-state index contributed by atoms with van der Waals surface area (Å²) in [5.74, 6) is 6.33. The Labute approximate surface area is 185 Å². The number of alkyl carbamates (subject to hydrolysis) is 1. The fourth-order valence-corrected chi connectivity index (χ4v) is 4.28. The van der Waals surface area contributed by atoms with Crippen LogP contribution in [0.2, 0.25) is 0 Å². The van der Waals surface area contributed by atoms with E-state index in [1.165, 1.54) is 22.3 Å². The maximum atomic E-state index is 12.2. The number of aryl methyl sites for hydroxylation is 1. The fraction of sp³-hybridized carbons (Fsp3) is 0.192. The normalized spacial score (nSPS) is 11.8. The molecule has 0 heterocycles. The van der Waals surface area contributed by atoms with Crippen LogP contribution in [0.5, 0.6) is 0 Å². The van der Waals surface area contributed by atoms with E-state index in [0.29, 0.717) is 19.6 Å². The molecule has 3 aromatic rings. The van der Waals surface area contributed by atoms with Gasteiger partial charge in [0.05, 0.1) is 0 Å². The van der Waals surface area contributed by atoms with Crippen LogP contribution in [0, 0.1) is 18.8 Å². The van der Waals surface area contributed by atoms with Gasteiger partial charge in [-0.05, 0) is 52.9 Å². The lowest BCUT2D eigenvalue weighted by molar-refractivity contribution is 0.143. The molecule has 0 saturated heterocycles. The molecule has 0 spiro atoms. The van der Waals surface area contributed by atoms with Crippen LogP contribution in [0.3, 0.4) is 0 Å². The van der Waals surface area contributed by atoms with Crippen molar-refractivity contribution in [3.05, 3.63) is 93.5 Å². The van der Waals surface area contributed by atoms with Gasteiger partial charge in [-0.1, -0.05) is 76.3 Å². The molecule has 0 unspecified atom stereocenters. The van der Waals surface area contributed by atoms with Gasteiger partial charge in [0.2, 0.25) is 0 Å². The van der Waals surface area contributed by atoms with Crippen molar-refractivity contribution in [2.24, 2.45) is 0 Å². The Morgan fingerprint density at radius 1 is 1.03 bits per heavy atom. The Bertz CT molecular complexity index is 1100. The van der Waals surface area contributed by atoms with Crippen LogP contribution in [0.25, 0.3) is 11.1 Å². The van der Waals surface area contributed by atoms with Crippen molar-refractivity contribution >= 4 is 22.0 Å². The molecule has 150 valence electrons. The second-order valence-corrected chi connectivity index (χ2v) is 8.18. The van der Waals surface area contributed by atoms with E-state index in [2.05, 4.69) is 57.4 Å². The van der Waals surface area contributed by atoms with Crippen LogP contribution in [0.15, 0.2) is 71.2 Å². The molecule has 0 aliphatic heterocycles. The molecule has 0 aromatic heterocycles. The van der Waals surface area contributed by atoms with Gasteiger partial charge < -0.3 is 10.1 Å². The lowest BCUT2D eigenvalue weighted by Gasteiger charge is -2.14. The highest BCUT2D eigenvalue weighted by Crippen LogP contribution is 2.44. The minimum atomic E-state index is -0.404. The van der Waals surface area contributed by atoms with E-state index in [-0.39, 0.29) is 5.92 Å². The number of hydrogen-bond acceptors (Lipinski definition) is 2. The first-order valence-electron chi connectivity index (χ1n) is 9.97. The third kappa shape index (κ3) is 4.42. The molecule has 4 heteroatoms. The Balaban J connectivity index is 1.29. The van der Waals surface area contributed by atoms with Gasteiger partial charge in [0, 0.05) is 28.9 Å². The van der Waals surface area contributed by atoms with Crippen molar-refractivity contribution < 1.29 is 9.53 Å². The number of amides is 1. The second kappa shape index (κ2) is 9.19. The maximum Gasteiger partial charge on any atom is 0.407 e. The summed E-state index contributed by atoms with van der Waals surface area (Å²) in [5, 5.41) is 2.79. The molecule has 3 aromatic carbocycles. The number of nitrogens with one attached hydrogen (secondary N) is 1. The zero-order valence-electron chi connectivity index (χ0n) is 16.7. The number of fused-ring (bicyclic) bond motifs is 3. The molecule has 1 amide bonds. The van der Waals surface area contributed by atoms with Crippen molar-refractivity contribution in [3.63, 3.8) is 0 Å². The Morgan fingerprint density at radius 2 is 1.70 bits per heavy atom. The minimum absolute atomic E-state index is 0.0725. The molecule has 1 aliphatic carbocycles. The molecular formula is C26H22BrNO2. The van der Waals surface area contributed by atoms with Gasteiger partial charge in [-0.25, -0.2) is 4.79 Å². The van der Waals surface area contributed by atoms with E-state index in [1.807, 2.05) is 49.4 Å². The number of halogens is 1. The third-order valence-corrected chi connectivity index (χ3v) is 5.77. The molecular weight excluding hydrogens is 438 g/mol. The zero-order chi connectivity index (χ0) is 20.9. The smallest absolute Gasteiger partial charge is 0.407 e. The summed E-state index contributed by atoms with van der Waals surface area (Å²) < 4.78 is 6.58. The average molecular weight is 460 g/mol. The van der Waals surface area contributed by atoms with E-state index in [9.17, 15) is 4.79 Å². The topological polar surface area (TPSA) is 38.3 Å². The number of rotatable bonds is 4. The van der Waals surface area contributed by atoms with Crippen molar-refractivity contribution in [2.45, 2.75) is 19.3 Å². The van der Waals surface area contributed by atoms with Crippen molar-refractivity contribution in [1.29, 1.82) is 0 Å². The Kier molecular flexibility index (Phi) is 6.21. The number of benzene rings is 3. The molecule has 0 bridgehead atoms. The van der Waals surface area contributed by atoms with E-state index >= 15 is 0 Å². The zero-order valence-corrected chi connectivity index (χ0v) is 18.3. The van der Waals surface area contributed by atoms with E-state index < -0.39 is 6.09 Å². The summed E-state index contributed by atoms with van der Waals surface area (Å²) in [6.45, 7) is 2.81. The standard InChI is InChI=1S/C26H22BrNO2/c1-18-16-20(27)14-13-19(18)8-6-7-15-28-26(29)30-17-25-23-11-4-2-9-21(23)22-10-3-5-12-24(22)25/h2-5,9-14,16,25H,7,15,17H2,1H3,(H,28,29). The number of ether oxygens (including phenoxy) is 1. The first-order valence-corrected chi connectivity index (χ1v) is 10.8. The largest absolute Gasteiger partial charge is 0.449 e. The van der Waals surface area contributed by atoms with Crippen LogP contribution in [0.4, 0.5) is 4.79 Å². The quantitative estimate of drug-likeness (QED) is 0.381. The van der Waals surface area contributed by atoms with Gasteiger partial charge in [-0.2, -0.15) is 0 Å². The van der Waals surface area contributed by atoms with Gasteiger partial charge in [0.15, 0.2) is 0 Å². The molecule has 1 N–H and O–H groups in total. The molecule has 0 fully saturated rings. The Morgan fingerprint density at radius 3 is 2.37 bits per heavy atom. The van der Waals surface area contributed by atoms with E-state index in [4.69, 9.17) is 4.74 Å². The van der Waals surface area contributed by atoms with Crippen LogP contribution < -0.4 is 5.32 Å². The summed E-state index contributed by atoms with van der Waals surface area (Å²) >= 11 is 3.45. The van der Waals surface area contributed by atoms with Crippen molar-refractivity contribution in [1.82, 2.24) is 5.32 Å². The van der Waals surface area contributed by atoms with Gasteiger partial charge in [0.1, 0.15) is 6.61 Å². The van der Waals surface area contributed by atoms with Gasteiger partial charge >= 0.3 is 6.09 Å². The summed E-state index contributed by atoms with van der Waals surface area (Å²) in [5.41, 5.74) is 6.99. The summed E-state index contributed by atoms with van der Waals surface area (Å²) in [6.07, 6.45) is 0.165. The number of carbonyl (C=O) groups is 1. The van der Waals surface area contributed by atoms with Crippen LogP contribution in [-0.2, 0) is 4.74 Å². The first-order chi connectivity index (χ1) is 14.6. The Hall–Kier alpha value is -3.03. The molecule has 0 saturated carbocycles. The summed E-state index contributed by atoms with van der Waals surface area (Å²) in [6, 6.07) is 22.6. The summed E-state index contributed by atoms with van der Waals surface area (Å²) in [4.78, 5) is 12.2. The monoisotopic (exact) mass is 459 g/mol. The number of carbonyl (C=O) groups excluding carboxylic acids is 1. The lowest BCUT2D eigenvalue weighted by Crippen LogP contribution is -2.26. The molecule has 1 aliphatic rings. The SMILES string of the molecule is Cc1cc(Br)ccc1C#CCCNC(=O)OCC1c2ccccc2-c2ccccc21. The predicted octanol–water partition coefficient (Wildman–Crippen LogP) is 6.04. The highest BCUT2D eigenvalue weighted by molar-refractivity contribution is 9.10. The number of hydrogen-bond donors (Lipinski definition) is 1. The van der Waals surface area contributed by atoms with Crippen molar-refractivity contribution in [3.8, 4) is 23.0 Å². The predicted molar refractivity (Wildman–Crippen MR) is 123 cm³/mol. The lowest BCUT2D eigenvalue weighted by atomic mass is 9.98. The molecule has 3 nitrogen and oxygen atoms in total. The first kappa shape index (κ1) is 20.3. The van der Waals surface area contributed by atoms with Crippen LogP contribution in [-0.4, -0.2) is 19.2 Å². The van der Waals surface area contributed by atoms with Gasteiger partial charge in [0.25, 0.3) is 0 Å².